The van der Waals surface area contributed by atoms with E-state index in [0.717, 1.165) is 17.5 Å². The number of para-hydroxylation sites is 2. The van der Waals surface area contributed by atoms with Crippen molar-refractivity contribution in [1.82, 2.24) is 24.6 Å². The van der Waals surface area contributed by atoms with Gasteiger partial charge in [0.25, 0.3) is 0 Å². The van der Waals surface area contributed by atoms with Crippen molar-refractivity contribution in [2.75, 3.05) is 13.1 Å². The number of amides is 1. The van der Waals surface area contributed by atoms with Crippen molar-refractivity contribution in [2.45, 2.75) is 25.8 Å². The molecule has 124 valence electrons. The molecule has 1 N–H and O–H groups in total. The van der Waals surface area contributed by atoms with Crippen molar-refractivity contribution >= 4 is 16.9 Å². The number of imidazole rings is 1. The highest BCUT2D eigenvalue weighted by Crippen LogP contribution is 2.26. The first-order valence-electron chi connectivity index (χ1n) is 7.87. The Labute approximate surface area is 137 Å². The van der Waals surface area contributed by atoms with Gasteiger partial charge in [-0.3, -0.25) is 9.36 Å². The Morgan fingerprint density at radius 2 is 2.25 bits per heavy atom. The number of rotatable bonds is 3. The van der Waals surface area contributed by atoms with Crippen molar-refractivity contribution < 1.29 is 9.32 Å². The molecule has 2 aromatic heterocycles. The first kappa shape index (κ1) is 14.7. The summed E-state index contributed by atoms with van der Waals surface area (Å²) in [5.41, 5.74) is 1.20. The second-order valence-corrected chi connectivity index (χ2v) is 6.04. The first-order chi connectivity index (χ1) is 11.6. The summed E-state index contributed by atoms with van der Waals surface area (Å²) in [5.74, 6) is 1.16. The van der Waals surface area contributed by atoms with Gasteiger partial charge in [-0.15, -0.1) is 0 Å². The van der Waals surface area contributed by atoms with Crippen LogP contribution in [0.15, 0.2) is 33.6 Å². The zero-order valence-electron chi connectivity index (χ0n) is 13.2. The van der Waals surface area contributed by atoms with Crippen molar-refractivity contribution in [3.05, 3.63) is 46.5 Å². The fourth-order valence-electron chi connectivity index (χ4n) is 3.17. The van der Waals surface area contributed by atoms with E-state index < -0.39 is 0 Å². The van der Waals surface area contributed by atoms with Crippen LogP contribution in [0.1, 0.15) is 24.1 Å². The second kappa shape index (κ2) is 5.63. The Bertz CT molecular complexity index is 954. The molecular weight excluding hydrogens is 310 g/mol. The average Bonchev–Trinajstić information content (AvgIpc) is 3.27. The number of carbonyl (C=O) groups is 1. The molecule has 1 saturated heterocycles. The van der Waals surface area contributed by atoms with E-state index in [2.05, 4.69) is 15.1 Å². The Kier molecular flexibility index (Phi) is 3.44. The molecule has 0 bridgehead atoms. The van der Waals surface area contributed by atoms with E-state index in [1.165, 1.54) is 4.57 Å². The number of H-pyrrole nitrogens is 1. The molecular formula is C16H17N5O3. The molecule has 4 rings (SSSR count). The zero-order valence-corrected chi connectivity index (χ0v) is 13.2. The predicted molar refractivity (Wildman–Crippen MR) is 85.5 cm³/mol. The number of aromatic nitrogens is 4. The summed E-state index contributed by atoms with van der Waals surface area (Å²) in [5, 5.41) is 3.80. The lowest BCUT2D eigenvalue weighted by atomic mass is 10.1. The van der Waals surface area contributed by atoms with Gasteiger partial charge in [0.15, 0.2) is 5.82 Å². The van der Waals surface area contributed by atoms with Crippen molar-refractivity contribution in [3.8, 4) is 0 Å². The maximum atomic E-state index is 12.6. The van der Waals surface area contributed by atoms with Gasteiger partial charge in [0.1, 0.15) is 6.54 Å². The van der Waals surface area contributed by atoms with Crippen LogP contribution < -0.4 is 5.69 Å². The third-order valence-electron chi connectivity index (χ3n) is 4.41. The Balaban J connectivity index is 1.50. The van der Waals surface area contributed by atoms with Crippen LogP contribution in [0.3, 0.4) is 0 Å². The third-order valence-corrected chi connectivity index (χ3v) is 4.41. The quantitative estimate of drug-likeness (QED) is 0.775. The molecule has 0 saturated carbocycles. The largest absolute Gasteiger partial charge is 0.340 e. The number of benzene rings is 1. The maximum Gasteiger partial charge on any atom is 0.326 e. The van der Waals surface area contributed by atoms with Crippen LogP contribution in [0.5, 0.6) is 0 Å². The number of aryl methyl sites for hydroxylation is 1. The van der Waals surface area contributed by atoms with Crippen LogP contribution in [-0.2, 0) is 11.3 Å². The average molecular weight is 327 g/mol. The number of likely N-dealkylation sites (tertiary alicyclic amines) is 1. The molecule has 0 aliphatic carbocycles. The second-order valence-electron chi connectivity index (χ2n) is 6.04. The fourth-order valence-corrected chi connectivity index (χ4v) is 3.17. The summed E-state index contributed by atoms with van der Waals surface area (Å²) in [6.07, 6.45) is 0.788. The number of aromatic amines is 1. The van der Waals surface area contributed by atoms with E-state index in [-0.39, 0.29) is 24.1 Å². The van der Waals surface area contributed by atoms with E-state index >= 15 is 0 Å². The van der Waals surface area contributed by atoms with Crippen LogP contribution in [-0.4, -0.2) is 43.6 Å². The van der Waals surface area contributed by atoms with Gasteiger partial charge in [-0.05, 0) is 25.5 Å². The molecule has 1 aromatic carbocycles. The van der Waals surface area contributed by atoms with Gasteiger partial charge in [-0.1, -0.05) is 17.3 Å². The number of hydrogen-bond donors (Lipinski definition) is 1. The number of nitrogens with one attached hydrogen (secondary N) is 1. The van der Waals surface area contributed by atoms with Crippen LogP contribution in [0.25, 0.3) is 11.0 Å². The minimum atomic E-state index is -0.271. The Hall–Kier alpha value is -2.90. The van der Waals surface area contributed by atoms with Gasteiger partial charge in [-0.25, -0.2) is 4.79 Å². The molecule has 1 atom stereocenters. The SMILES string of the molecule is Cc1noc([C@@H]2CCN(C(=O)Cn3c(=O)[nH]c4ccccc43)C2)n1. The number of carbonyl (C=O) groups excluding carboxylic acids is 1. The molecule has 1 fully saturated rings. The highest BCUT2D eigenvalue weighted by atomic mass is 16.5. The minimum Gasteiger partial charge on any atom is -0.340 e. The summed E-state index contributed by atoms with van der Waals surface area (Å²) >= 11 is 0. The van der Waals surface area contributed by atoms with E-state index in [0.29, 0.717) is 24.8 Å². The molecule has 0 spiro atoms. The summed E-state index contributed by atoms with van der Waals surface area (Å²) in [6.45, 7) is 2.96. The molecule has 3 aromatic rings. The Morgan fingerprint density at radius 1 is 1.42 bits per heavy atom. The highest BCUT2D eigenvalue weighted by Gasteiger charge is 2.31. The molecule has 0 radical (unpaired) electrons. The van der Waals surface area contributed by atoms with Crippen LogP contribution in [0.4, 0.5) is 0 Å². The molecule has 24 heavy (non-hydrogen) atoms. The first-order valence-corrected chi connectivity index (χ1v) is 7.87. The molecule has 1 amide bonds. The van der Waals surface area contributed by atoms with Crippen molar-refractivity contribution in [2.24, 2.45) is 0 Å². The monoisotopic (exact) mass is 327 g/mol. The van der Waals surface area contributed by atoms with E-state index in [1.54, 1.807) is 11.8 Å². The highest BCUT2D eigenvalue weighted by molar-refractivity contribution is 5.80. The normalized spacial score (nSPS) is 17.7. The molecule has 8 nitrogen and oxygen atoms in total. The summed E-state index contributed by atoms with van der Waals surface area (Å²) in [6, 6.07) is 7.35. The van der Waals surface area contributed by atoms with Gasteiger partial charge in [0.2, 0.25) is 11.8 Å². The lowest BCUT2D eigenvalue weighted by molar-refractivity contribution is -0.130. The molecule has 0 unspecified atom stereocenters. The molecule has 8 heteroatoms. The van der Waals surface area contributed by atoms with Gasteiger partial charge in [0.05, 0.1) is 17.0 Å². The van der Waals surface area contributed by atoms with Gasteiger partial charge in [-0.2, -0.15) is 4.98 Å². The lowest BCUT2D eigenvalue weighted by Gasteiger charge is -2.16. The number of fused-ring (bicyclic) bond motifs is 1. The van der Waals surface area contributed by atoms with Crippen LogP contribution in [0, 0.1) is 6.92 Å². The van der Waals surface area contributed by atoms with E-state index in [9.17, 15) is 9.59 Å². The van der Waals surface area contributed by atoms with Crippen molar-refractivity contribution in [3.63, 3.8) is 0 Å². The zero-order chi connectivity index (χ0) is 16.7. The van der Waals surface area contributed by atoms with E-state index in [4.69, 9.17) is 4.52 Å². The number of hydrogen-bond acceptors (Lipinski definition) is 5. The standard InChI is InChI=1S/C16H17N5O3/c1-10-17-15(24-19-10)11-6-7-20(8-11)14(22)9-21-13-5-3-2-4-12(13)18-16(21)23/h2-5,11H,6-9H2,1H3,(H,18,23)/t11-/m1/s1. The minimum absolute atomic E-state index is 0.0262. The summed E-state index contributed by atoms with van der Waals surface area (Å²) in [7, 11) is 0. The van der Waals surface area contributed by atoms with Gasteiger partial charge in [0, 0.05) is 13.1 Å². The van der Waals surface area contributed by atoms with Crippen LogP contribution in [0.2, 0.25) is 0 Å². The van der Waals surface area contributed by atoms with Gasteiger partial charge < -0.3 is 14.4 Å². The third kappa shape index (κ3) is 2.49. The predicted octanol–water partition coefficient (Wildman–Crippen LogP) is 1.04. The van der Waals surface area contributed by atoms with Crippen LogP contribution >= 0.6 is 0 Å². The molecule has 1 aliphatic rings. The summed E-state index contributed by atoms with van der Waals surface area (Å²) in [4.78, 5) is 33.4. The summed E-state index contributed by atoms with van der Waals surface area (Å²) < 4.78 is 6.67. The number of nitrogens with zero attached hydrogens (tertiary/aromatic N) is 4. The molecule has 3 heterocycles. The van der Waals surface area contributed by atoms with Gasteiger partial charge >= 0.3 is 5.69 Å². The maximum absolute atomic E-state index is 12.6. The fraction of sp³-hybridized carbons (Fsp3) is 0.375. The topological polar surface area (TPSA) is 97.0 Å². The Morgan fingerprint density at radius 3 is 3.04 bits per heavy atom. The van der Waals surface area contributed by atoms with E-state index in [1.807, 2.05) is 24.3 Å². The van der Waals surface area contributed by atoms with Crippen molar-refractivity contribution in [1.29, 1.82) is 0 Å². The smallest absolute Gasteiger partial charge is 0.326 e. The lowest BCUT2D eigenvalue weighted by Crippen LogP contribution is -2.34. The molecule has 1 aliphatic heterocycles.